The number of nitrogens with one attached hydrogen (secondary N) is 1. The third-order valence-corrected chi connectivity index (χ3v) is 6.00. The van der Waals surface area contributed by atoms with Gasteiger partial charge in [0.05, 0.1) is 24.0 Å². The Morgan fingerprint density at radius 2 is 1.79 bits per heavy atom. The quantitative estimate of drug-likeness (QED) is 0.531. The molecule has 0 aliphatic heterocycles. The summed E-state index contributed by atoms with van der Waals surface area (Å²) in [5.74, 6) is -0.527. The van der Waals surface area contributed by atoms with Gasteiger partial charge >= 0.3 is 0 Å². The van der Waals surface area contributed by atoms with Crippen molar-refractivity contribution in [2.24, 2.45) is 7.05 Å². The first-order valence-corrected chi connectivity index (χ1v) is 11.7. The van der Waals surface area contributed by atoms with E-state index in [1.807, 2.05) is 6.07 Å². The SMILES string of the molecule is CCOc1cc(=O)n(C)cc1-c1cc(NS(=O)(=O)CC)ccc1Oc1ccc(C#N)cc1F. The van der Waals surface area contributed by atoms with Crippen molar-refractivity contribution >= 4 is 15.7 Å². The maximum absolute atomic E-state index is 14.5. The van der Waals surface area contributed by atoms with Gasteiger partial charge in [-0.15, -0.1) is 0 Å². The minimum atomic E-state index is -3.56. The van der Waals surface area contributed by atoms with E-state index in [-0.39, 0.29) is 46.4 Å². The van der Waals surface area contributed by atoms with Crippen molar-refractivity contribution in [3.63, 3.8) is 0 Å². The van der Waals surface area contributed by atoms with Crippen molar-refractivity contribution < 1.29 is 22.3 Å². The van der Waals surface area contributed by atoms with Gasteiger partial charge < -0.3 is 14.0 Å². The smallest absolute Gasteiger partial charge is 0.254 e. The van der Waals surface area contributed by atoms with Gasteiger partial charge in [-0.1, -0.05) is 0 Å². The Labute approximate surface area is 190 Å². The van der Waals surface area contributed by atoms with Crippen LogP contribution in [-0.4, -0.2) is 25.3 Å². The van der Waals surface area contributed by atoms with E-state index in [2.05, 4.69) is 4.72 Å². The lowest BCUT2D eigenvalue weighted by Crippen LogP contribution is -2.16. The molecular formula is C23H22FN3O5S. The molecule has 8 nitrogen and oxygen atoms in total. The first-order valence-electron chi connectivity index (χ1n) is 10.0. The summed E-state index contributed by atoms with van der Waals surface area (Å²) in [6.45, 7) is 3.55. The average molecular weight is 472 g/mol. The zero-order chi connectivity index (χ0) is 24.2. The Morgan fingerprint density at radius 1 is 1.06 bits per heavy atom. The molecular weight excluding hydrogens is 449 g/mol. The van der Waals surface area contributed by atoms with Gasteiger partial charge in [0.25, 0.3) is 5.56 Å². The number of hydrogen-bond donors (Lipinski definition) is 1. The van der Waals surface area contributed by atoms with E-state index in [0.29, 0.717) is 11.1 Å². The van der Waals surface area contributed by atoms with Crippen LogP contribution in [0, 0.1) is 17.1 Å². The summed E-state index contributed by atoms with van der Waals surface area (Å²) in [6.07, 6.45) is 1.53. The Kier molecular flexibility index (Phi) is 7.04. The number of nitriles is 1. The highest BCUT2D eigenvalue weighted by atomic mass is 32.2. The number of rotatable bonds is 8. The molecule has 0 fully saturated rings. The van der Waals surface area contributed by atoms with Crippen LogP contribution in [0.5, 0.6) is 17.2 Å². The molecule has 3 aromatic rings. The van der Waals surface area contributed by atoms with Crippen LogP contribution in [0.4, 0.5) is 10.1 Å². The molecule has 1 N–H and O–H groups in total. The highest BCUT2D eigenvalue weighted by Gasteiger charge is 2.18. The summed E-state index contributed by atoms with van der Waals surface area (Å²) >= 11 is 0. The summed E-state index contributed by atoms with van der Waals surface area (Å²) in [5.41, 5.74) is 0.914. The van der Waals surface area contributed by atoms with E-state index >= 15 is 0 Å². The van der Waals surface area contributed by atoms with Gasteiger partial charge in [0.15, 0.2) is 11.6 Å². The van der Waals surface area contributed by atoms with Crippen molar-refractivity contribution in [3.05, 3.63) is 70.4 Å². The number of halogens is 1. The minimum absolute atomic E-state index is 0.124. The third kappa shape index (κ3) is 5.51. The second-order valence-electron chi connectivity index (χ2n) is 7.01. The molecule has 1 aromatic heterocycles. The van der Waals surface area contributed by atoms with Crippen LogP contribution in [0.1, 0.15) is 19.4 Å². The summed E-state index contributed by atoms with van der Waals surface area (Å²) in [7, 11) is -2.00. The molecule has 0 amide bonds. The molecule has 33 heavy (non-hydrogen) atoms. The van der Waals surface area contributed by atoms with Crippen LogP contribution in [-0.2, 0) is 17.1 Å². The Hall–Kier alpha value is -3.84. The van der Waals surface area contributed by atoms with Gasteiger partial charge in [-0.25, -0.2) is 12.8 Å². The molecule has 1 heterocycles. The van der Waals surface area contributed by atoms with Crippen molar-refractivity contribution in [3.8, 4) is 34.4 Å². The van der Waals surface area contributed by atoms with Crippen LogP contribution in [0.25, 0.3) is 11.1 Å². The maximum Gasteiger partial charge on any atom is 0.254 e. The molecule has 0 spiro atoms. The molecule has 0 aliphatic carbocycles. The van der Waals surface area contributed by atoms with E-state index in [0.717, 1.165) is 6.07 Å². The first-order chi connectivity index (χ1) is 15.7. The number of benzene rings is 2. The number of nitrogens with zero attached hydrogens (tertiary/aromatic N) is 2. The summed E-state index contributed by atoms with van der Waals surface area (Å²) in [4.78, 5) is 12.2. The van der Waals surface area contributed by atoms with Gasteiger partial charge in [0.1, 0.15) is 11.5 Å². The lowest BCUT2D eigenvalue weighted by atomic mass is 10.0. The highest BCUT2D eigenvalue weighted by Crippen LogP contribution is 2.40. The van der Waals surface area contributed by atoms with Crippen molar-refractivity contribution in [2.75, 3.05) is 17.1 Å². The van der Waals surface area contributed by atoms with Gasteiger partial charge in [0.2, 0.25) is 10.0 Å². The van der Waals surface area contributed by atoms with Crippen LogP contribution in [0.2, 0.25) is 0 Å². The first kappa shape index (κ1) is 23.8. The third-order valence-electron chi connectivity index (χ3n) is 4.69. The van der Waals surface area contributed by atoms with Crippen LogP contribution < -0.4 is 19.8 Å². The number of aryl methyl sites for hydroxylation is 1. The van der Waals surface area contributed by atoms with E-state index in [4.69, 9.17) is 14.7 Å². The van der Waals surface area contributed by atoms with E-state index < -0.39 is 15.8 Å². The fourth-order valence-electron chi connectivity index (χ4n) is 3.01. The Bertz CT molecular complexity index is 1390. The topological polar surface area (TPSA) is 110 Å². The van der Waals surface area contributed by atoms with Crippen molar-refractivity contribution in [2.45, 2.75) is 13.8 Å². The summed E-state index contributed by atoms with van der Waals surface area (Å²) in [5, 5.41) is 8.95. The molecule has 10 heteroatoms. The van der Waals surface area contributed by atoms with Crippen molar-refractivity contribution in [1.82, 2.24) is 4.57 Å². The van der Waals surface area contributed by atoms with Gasteiger partial charge in [0, 0.05) is 36.1 Å². The van der Waals surface area contributed by atoms with Crippen LogP contribution in [0.3, 0.4) is 0 Å². The number of ether oxygens (including phenoxy) is 2. The summed E-state index contributed by atoms with van der Waals surface area (Å²) in [6, 6.07) is 11.5. The van der Waals surface area contributed by atoms with Gasteiger partial charge in [-0.3, -0.25) is 9.52 Å². The zero-order valence-electron chi connectivity index (χ0n) is 18.3. The standard InChI is InChI=1S/C23H22FN3O5S/c1-4-31-22-12-23(28)27(3)14-18(22)17-11-16(26-33(29,30)5-2)7-9-20(17)32-21-8-6-15(13-25)10-19(21)24/h6-12,14,26H,4-5H2,1-3H3. The number of aromatic nitrogens is 1. The molecule has 0 aliphatic rings. The van der Waals surface area contributed by atoms with Gasteiger partial charge in [-0.2, -0.15) is 5.26 Å². The fourth-order valence-corrected chi connectivity index (χ4v) is 3.64. The maximum atomic E-state index is 14.5. The highest BCUT2D eigenvalue weighted by molar-refractivity contribution is 7.92. The minimum Gasteiger partial charge on any atom is -0.493 e. The summed E-state index contributed by atoms with van der Waals surface area (Å²) < 4.78 is 53.9. The van der Waals surface area contributed by atoms with Crippen LogP contribution in [0.15, 0.2) is 53.5 Å². The second kappa shape index (κ2) is 9.75. The predicted molar refractivity (Wildman–Crippen MR) is 123 cm³/mol. The Balaban J connectivity index is 2.20. The fraction of sp³-hybridized carbons (Fsp3) is 0.217. The Morgan fingerprint density at radius 3 is 2.42 bits per heavy atom. The van der Waals surface area contributed by atoms with Gasteiger partial charge in [-0.05, 0) is 50.2 Å². The largest absolute Gasteiger partial charge is 0.493 e. The lowest BCUT2D eigenvalue weighted by molar-refractivity contribution is 0.340. The van der Waals surface area contributed by atoms with E-state index in [1.165, 1.54) is 54.1 Å². The molecule has 2 aromatic carbocycles. The monoisotopic (exact) mass is 471 g/mol. The molecule has 0 unspecified atom stereocenters. The zero-order valence-corrected chi connectivity index (χ0v) is 19.1. The molecule has 0 atom stereocenters. The average Bonchev–Trinajstić information content (AvgIpc) is 2.78. The van der Waals surface area contributed by atoms with Crippen LogP contribution >= 0.6 is 0 Å². The number of anilines is 1. The molecule has 0 saturated heterocycles. The second-order valence-corrected chi connectivity index (χ2v) is 9.02. The van der Waals surface area contributed by atoms with E-state index in [1.54, 1.807) is 14.0 Å². The molecule has 0 radical (unpaired) electrons. The molecule has 0 bridgehead atoms. The number of sulfonamides is 1. The lowest BCUT2D eigenvalue weighted by Gasteiger charge is -2.17. The number of pyridine rings is 1. The predicted octanol–water partition coefficient (Wildman–Crippen LogP) is 4.02. The molecule has 172 valence electrons. The molecule has 3 rings (SSSR count). The van der Waals surface area contributed by atoms with E-state index in [9.17, 15) is 17.6 Å². The van der Waals surface area contributed by atoms with Crippen molar-refractivity contribution in [1.29, 1.82) is 5.26 Å². The normalized spacial score (nSPS) is 11.0. The number of hydrogen-bond acceptors (Lipinski definition) is 6. The molecule has 0 saturated carbocycles.